The van der Waals surface area contributed by atoms with Gasteiger partial charge in [-0.3, -0.25) is 10.00 Å². The van der Waals surface area contributed by atoms with E-state index < -0.39 is 0 Å². The molecule has 1 N–H and O–H groups in total. The third kappa shape index (κ3) is 2.30. The first kappa shape index (κ1) is 12.4. The number of nitrogens with one attached hydrogen (secondary N) is 1. The highest BCUT2D eigenvalue weighted by atomic mass is 19.1. The van der Waals surface area contributed by atoms with Gasteiger partial charge in [-0.15, -0.1) is 0 Å². The summed E-state index contributed by atoms with van der Waals surface area (Å²) in [5, 5.41) is 8.26. The lowest BCUT2D eigenvalue weighted by molar-refractivity contribution is 0.209. The van der Waals surface area contributed by atoms with E-state index in [1.165, 1.54) is 12.1 Å². The van der Waals surface area contributed by atoms with Crippen LogP contribution in [0.15, 0.2) is 18.2 Å². The van der Waals surface area contributed by atoms with Crippen molar-refractivity contribution in [1.29, 1.82) is 0 Å². The minimum absolute atomic E-state index is 0.229. The average Bonchev–Trinajstić information content (AvgIpc) is 2.81. The Morgan fingerprint density at radius 1 is 1.21 bits per heavy atom. The highest BCUT2D eigenvalue weighted by Gasteiger charge is 2.21. The Kier molecular flexibility index (Phi) is 3.14. The predicted molar refractivity (Wildman–Crippen MR) is 75.0 cm³/mol. The molecule has 3 rings (SSSR count). The Morgan fingerprint density at radius 2 is 1.95 bits per heavy atom. The molecule has 1 aliphatic rings. The summed E-state index contributed by atoms with van der Waals surface area (Å²) in [6.07, 6.45) is 0. The van der Waals surface area contributed by atoms with E-state index in [2.05, 4.69) is 33.8 Å². The third-order valence-corrected chi connectivity index (χ3v) is 3.85. The van der Waals surface area contributed by atoms with Gasteiger partial charge in [-0.25, -0.2) is 4.39 Å². The molecule has 1 fully saturated rings. The summed E-state index contributed by atoms with van der Waals surface area (Å²) in [6.45, 7) is 8.48. The van der Waals surface area contributed by atoms with Gasteiger partial charge in [0.2, 0.25) is 0 Å². The first-order chi connectivity index (χ1) is 9.15. The molecule has 0 aliphatic carbocycles. The summed E-state index contributed by atoms with van der Waals surface area (Å²) in [6, 6.07) is 5.38. The van der Waals surface area contributed by atoms with E-state index in [1.807, 2.05) is 0 Å². The normalized spacial score (nSPS) is 17.6. The number of anilines is 1. The molecule has 5 heteroatoms. The van der Waals surface area contributed by atoms with Crippen LogP contribution in [0.1, 0.15) is 13.8 Å². The number of hydrogen-bond acceptors (Lipinski definition) is 3. The molecule has 2 aromatic rings. The number of aromatic amines is 1. The summed E-state index contributed by atoms with van der Waals surface area (Å²) >= 11 is 0. The number of aromatic nitrogens is 2. The lowest BCUT2D eigenvalue weighted by Gasteiger charge is -2.37. The smallest absolute Gasteiger partial charge is 0.158 e. The van der Waals surface area contributed by atoms with Crippen LogP contribution in [-0.2, 0) is 0 Å². The molecule has 4 nitrogen and oxygen atoms in total. The summed E-state index contributed by atoms with van der Waals surface area (Å²) < 4.78 is 13.2. The predicted octanol–water partition coefficient (Wildman–Crippen LogP) is 2.23. The van der Waals surface area contributed by atoms with Crippen LogP contribution in [0, 0.1) is 5.82 Å². The van der Waals surface area contributed by atoms with E-state index in [4.69, 9.17) is 0 Å². The molecular formula is C14H19FN4. The van der Waals surface area contributed by atoms with Gasteiger partial charge in [0.05, 0.1) is 5.52 Å². The van der Waals surface area contributed by atoms with Crippen molar-refractivity contribution in [1.82, 2.24) is 15.1 Å². The fourth-order valence-electron chi connectivity index (χ4n) is 2.67. The zero-order valence-electron chi connectivity index (χ0n) is 11.4. The molecule has 0 saturated carbocycles. The molecule has 102 valence electrons. The van der Waals surface area contributed by atoms with Gasteiger partial charge in [0, 0.05) is 37.6 Å². The van der Waals surface area contributed by atoms with Crippen molar-refractivity contribution in [3.05, 3.63) is 24.0 Å². The third-order valence-electron chi connectivity index (χ3n) is 3.85. The number of benzene rings is 1. The van der Waals surface area contributed by atoms with Crippen molar-refractivity contribution >= 4 is 16.7 Å². The number of fused-ring (bicyclic) bond motifs is 1. The van der Waals surface area contributed by atoms with E-state index in [9.17, 15) is 4.39 Å². The summed E-state index contributed by atoms with van der Waals surface area (Å²) in [4.78, 5) is 4.74. The number of rotatable bonds is 2. The van der Waals surface area contributed by atoms with Crippen molar-refractivity contribution in [3.8, 4) is 0 Å². The van der Waals surface area contributed by atoms with Crippen LogP contribution >= 0.6 is 0 Å². The topological polar surface area (TPSA) is 35.2 Å². The van der Waals surface area contributed by atoms with Crippen LogP contribution in [0.25, 0.3) is 10.9 Å². The van der Waals surface area contributed by atoms with Crippen molar-refractivity contribution in [2.24, 2.45) is 0 Å². The number of nitrogens with zero attached hydrogens (tertiary/aromatic N) is 3. The van der Waals surface area contributed by atoms with E-state index in [-0.39, 0.29) is 5.82 Å². The minimum Gasteiger partial charge on any atom is -0.352 e. The van der Waals surface area contributed by atoms with Crippen LogP contribution in [0.3, 0.4) is 0 Å². The Hall–Kier alpha value is -1.62. The first-order valence-corrected chi connectivity index (χ1v) is 6.78. The lowest BCUT2D eigenvalue weighted by atomic mass is 10.2. The van der Waals surface area contributed by atoms with E-state index in [0.29, 0.717) is 6.04 Å². The van der Waals surface area contributed by atoms with Gasteiger partial charge in [0.1, 0.15) is 5.82 Å². The van der Waals surface area contributed by atoms with Crippen LogP contribution in [0.4, 0.5) is 10.2 Å². The van der Waals surface area contributed by atoms with Crippen molar-refractivity contribution < 1.29 is 4.39 Å². The molecule has 0 atom stereocenters. The number of hydrogen-bond donors (Lipinski definition) is 1. The van der Waals surface area contributed by atoms with E-state index >= 15 is 0 Å². The van der Waals surface area contributed by atoms with Gasteiger partial charge in [-0.05, 0) is 32.0 Å². The maximum Gasteiger partial charge on any atom is 0.158 e. The van der Waals surface area contributed by atoms with Crippen LogP contribution in [0.2, 0.25) is 0 Å². The monoisotopic (exact) mass is 262 g/mol. The van der Waals surface area contributed by atoms with Crippen LogP contribution < -0.4 is 4.90 Å². The summed E-state index contributed by atoms with van der Waals surface area (Å²) in [5.41, 5.74) is 0.765. The van der Waals surface area contributed by atoms with E-state index in [1.54, 1.807) is 6.07 Å². The Morgan fingerprint density at radius 3 is 2.63 bits per heavy atom. The average molecular weight is 262 g/mol. The van der Waals surface area contributed by atoms with Crippen molar-refractivity contribution in [3.63, 3.8) is 0 Å². The van der Waals surface area contributed by atoms with Crippen molar-refractivity contribution in [2.75, 3.05) is 31.1 Å². The molecule has 1 saturated heterocycles. The zero-order chi connectivity index (χ0) is 13.4. The standard InChI is InChI=1S/C14H19FN4/c1-10(2)18-5-7-19(8-6-18)14-12-4-3-11(15)9-13(12)16-17-14/h3-4,9-10H,5-8H2,1-2H3,(H,16,17). The van der Waals surface area contributed by atoms with Gasteiger partial charge in [-0.1, -0.05) is 0 Å². The quantitative estimate of drug-likeness (QED) is 0.901. The van der Waals surface area contributed by atoms with Gasteiger partial charge in [0.15, 0.2) is 5.82 Å². The lowest BCUT2D eigenvalue weighted by Crippen LogP contribution is -2.49. The minimum atomic E-state index is -0.229. The van der Waals surface area contributed by atoms with Crippen LogP contribution in [0.5, 0.6) is 0 Å². The summed E-state index contributed by atoms with van der Waals surface area (Å²) in [5.74, 6) is 0.714. The maximum absolute atomic E-state index is 13.2. The Bertz CT molecular complexity index is 570. The molecule has 0 spiro atoms. The second kappa shape index (κ2) is 4.81. The highest BCUT2D eigenvalue weighted by molar-refractivity contribution is 5.90. The largest absolute Gasteiger partial charge is 0.352 e. The molecule has 0 radical (unpaired) electrons. The SMILES string of the molecule is CC(C)N1CCN(c2n[nH]c3cc(F)ccc23)CC1. The van der Waals surface area contributed by atoms with Gasteiger partial charge in [-0.2, -0.15) is 5.10 Å². The second-order valence-electron chi connectivity index (χ2n) is 5.35. The summed E-state index contributed by atoms with van der Waals surface area (Å²) in [7, 11) is 0. The molecule has 2 heterocycles. The maximum atomic E-state index is 13.2. The van der Waals surface area contributed by atoms with Gasteiger partial charge in [0.25, 0.3) is 0 Å². The van der Waals surface area contributed by atoms with Crippen molar-refractivity contribution in [2.45, 2.75) is 19.9 Å². The molecule has 1 aliphatic heterocycles. The molecule has 0 bridgehead atoms. The number of H-pyrrole nitrogens is 1. The molecule has 1 aromatic carbocycles. The molecular weight excluding hydrogens is 243 g/mol. The van der Waals surface area contributed by atoms with Gasteiger partial charge >= 0.3 is 0 Å². The molecule has 19 heavy (non-hydrogen) atoms. The highest BCUT2D eigenvalue weighted by Crippen LogP contribution is 2.25. The fourth-order valence-corrected chi connectivity index (χ4v) is 2.67. The van der Waals surface area contributed by atoms with Gasteiger partial charge < -0.3 is 4.90 Å². The molecule has 0 unspecified atom stereocenters. The first-order valence-electron chi connectivity index (χ1n) is 6.78. The molecule has 0 amide bonds. The van der Waals surface area contributed by atoms with Crippen LogP contribution in [-0.4, -0.2) is 47.3 Å². The molecule has 1 aromatic heterocycles. The second-order valence-corrected chi connectivity index (χ2v) is 5.35. The zero-order valence-corrected chi connectivity index (χ0v) is 11.4. The number of halogens is 1. The number of piperazine rings is 1. The Labute approximate surface area is 112 Å². The van der Waals surface area contributed by atoms with E-state index in [0.717, 1.165) is 42.9 Å². The fraction of sp³-hybridized carbons (Fsp3) is 0.500. The Balaban J connectivity index is 1.82.